The molecule has 0 heterocycles. The van der Waals surface area contributed by atoms with Gasteiger partial charge in [0.05, 0.1) is 18.3 Å². The molecular weight excluding hydrogens is 416 g/mol. The summed E-state index contributed by atoms with van der Waals surface area (Å²) in [5.41, 5.74) is 0. The van der Waals surface area contributed by atoms with Crippen LogP contribution in [-0.2, 0) is 4.79 Å². The second-order valence-electron chi connectivity index (χ2n) is 8.71. The van der Waals surface area contributed by atoms with Crippen LogP contribution in [0, 0.1) is 0 Å². The Labute approximate surface area is 201 Å². The van der Waals surface area contributed by atoms with Crippen LogP contribution in [0.15, 0.2) is 48.6 Å². The van der Waals surface area contributed by atoms with Crippen LogP contribution in [0.4, 0.5) is 0 Å². The Kier molecular flexibility index (Phi) is 22.3. The minimum atomic E-state index is -0.836. The molecule has 0 aliphatic rings. The largest absolute Gasteiger partial charge is 0.481 e. The molecule has 0 saturated carbocycles. The van der Waals surface area contributed by atoms with E-state index in [2.05, 4.69) is 25.2 Å². The summed E-state index contributed by atoms with van der Waals surface area (Å²) in [6, 6.07) is 0. The van der Waals surface area contributed by atoms with Gasteiger partial charge in [0.1, 0.15) is 0 Å². The first-order valence-corrected chi connectivity index (χ1v) is 12.8. The van der Waals surface area contributed by atoms with Crippen molar-refractivity contribution in [3.8, 4) is 0 Å². The number of unbranched alkanes of at least 4 members (excludes halogenated alkanes) is 6. The number of aliphatic hydroxyl groups is 3. The van der Waals surface area contributed by atoms with Crippen LogP contribution in [-0.4, -0.2) is 44.7 Å². The lowest BCUT2D eigenvalue weighted by atomic mass is 10.0. The van der Waals surface area contributed by atoms with Crippen molar-refractivity contribution in [1.29, 1.82) is 0 Å². The summed E-state index contributed by atoms with van der Waals surface area (Å²) < 4.78 is 0. The van der Waals surface area contributed by atoms with Gasteiger partial charge in [-0.2, -0.15) is 0 Å². The van der Waals surface area contributed by atoms with Crippen LogP contribution in [0.5, 0.6) is 0 Å². The fourth-order valence-electron chi connectivity index (χ4n) is 3.35. The highest BCUT2D eigenvalue weighted by Gasteiger charge is 2.10. The number of aliphatic carboxylic acids is 1. The van der Waals surface area contributed by atoms with Gasteiger partial charge in [-0.15, -0.1) is 0 Å². The summed E-state index contributed by atoms with van der Waals surface area (Å²) in [4.78, 5) is 10.4. The maximum atomic E-state index is 10.4. The van der Waals surface area contributed by atoms with Gasteiger partial charge in [-0.25, -0.2) is 0 Å². The SMILES string of the molecule is CCCCC/C=C\CCCC/C=C\CC(O)/C=C\CCC(O)CC(O)C/C=C\CCC(=O)O. The number of carbonyl (C=O) groups is 1. The Hall–Kier alpha value is -1.69. The molecule has 190 valence electrons. The Morgan fingerprint density at radius 3 is 1.91 bits per heavy atom. The van der Waals surface area contributed by atoms with Crippen molar-refractivity contribution >= 4 is 5.97 Å². The smallest absolute Gasteiger partial charge is 0.303 e. The molecule has 0 fully saturated rings. The molecule has 0 aromatic carbocycles. The Bertz CT molecular complexity index is 565. The quantitative estimate of drug-likeness (QED) is 0.112. The van der Waals surface area contributed by atoms with Gasteiger partial charge in [0.15, 0.2) is 0 Å². The molecule has 0 bridgehead atoms. The maximum absolute atomic E-state index is 10.4. The number of carboxylic acids is 1. The minimum Gasteiger partial charge on any atom is -0.481 e. The lowest BCUT2D eigenvalue weighted by Crippen LogP contribution is -2.16. The van der Waals surface area contributed by atoms with Crippen LogP contribution in [0.25, 0.3) is 0 Å². The van der Waals surface area contributed by atoms with Crippen molar-refractivity contribution in [1.82, 2.24) is 0 Å². The van der Waals surface area contributed by atoms with Gasteiger partial charge in [0, 0.05) is 6.42 Å². The molecule has 0 amide bonds. The van der Waals surface area contributed by atoms with E-state index < -0.39 is 24.3 Å². The zero-order valence-corrected chi connectivity index (χ0v) is 20.7. The lowest BCUT2D eigenvalue weighted by molar-refractivity contribution is -0.136. The molecule has 0 saturated heterocycles. The number of carboxylic acid groups (broad SMARTS) is 1. The van der Waals surface area contributed by atoms with Gasteiger partial charge in [-0.3, -0.25) is 4.79 Å². The highest BCUT2D eigenvalue weighted by molar-refractivity contribution is 5.66. The highest BCUT2D eigenvalue weighted by Crippen LogP contribution is 2.10. The van der Waals surface area contributed by atoms with E-state index in [0.717, 1.165) is 12.8 Å². The summed E-state index contributed by atoms with van der Waals surface area (Å²) in [6.07, 6.45) is 26.9. The van der Waals surface area contributed by atoms with Gasteiger partial charge in [0.2, 0.25) is 0 Å². The molecule has 0 aliphatic carbocycles. The van der Waals surface area contributed by atoms with E-state index in [9.17, 15) is 20.1 Å². The first-order chi connectivity index (χ1) is 16.0. The standard InChI is InChI=1S/C28H48O5/c1-2-3-4-5-6-7-8-9-10-11-12-14-19-25(29)20-17-18-22-27(31)24-26(30)21-15-13-16-23-28(32)33/h6-7,12-15,17,20,25-27,29-31H,2-5,8-11,16,18-19,21-24H2,1H3,(H,32,33)/b7-6-,14-12-,15-13-,20-17-. The first-order valence-electron chi connectivity index (χ1n) is 12.8. The first kappa shape index (κ1) is 31.3. The summed E-state index contributed by atoms with van der Waals surface area (Å²) >= 11 is 0. The summed E-state index contributed by atoms with van der Waals surface area (Å²) in [6.45, 7) is 2.23. The molecular formula is C28H48O5. The number of allylic oxidation sites excluding steroid dienone is 5. The molecule has 4 N–H and O–H groups in total. The van der Waals surface area contributed by atoms with Crippen molar-refractivity contribution in [2.24, 2.45) is 0 Å². The lowest BCUT2D eigenvalue weighted by Gasteiger charge is -2.13. The Morgan fingerprint density at radius 1 is 0.697 bits per heavy atom. The number of hydrogen-bond acceptors (Lipinski definition) is 4. The average molecular weight is 465 g/mol. The number of hydrogen-bond donors (Lipinski definition) is 4. The second kappa shape index (κ2) is 23.5. The molecule has 5 nitrogen and oxygen atoms in total. The normalized spacial score (nSPS) is 15.3. The number of rotatable bonds is 22. The Balaban J connectivity index is 3.70. The van der Waals surface area contributed by atoms with Gasteiger partial charge < -0.3 is 20.4 Å². The van der Waals surface area contributed by atoms with Crippen molar-refractivity contribution in [2.75, 3.05) is 0 Å². The zero-order chi connectivity index (χ0) is 24.6. The van der Waals surface area contributed by atoms with Gasteiger partial charge in [-0.05, 0) is 77.0 Å². The van der Waals surface area contributed by atoms with E-state index in [-0.39, 0.29) is 12.8 Å². The third kappa shape index (κ3) is 24.8. The van der Waals surface area contributed by atoms with Crippen molar-refractivity contribution in [3.05, 3.63) is 48.6 Å². The topological polar surface area (TPSA) is 98.0 Å². The summed E-state index contributed by atoms with van der Waals surface area (Å²) in [5.74, 6) is -0.836. The van der Waals surface area contributed by atoms with E-state index in [1.165, 1.54) is 38.5 Å². The third-order valence-electron chi connectivity index (χ3n) is 5.35. The molecule has 0 radical (unpaired) electrons. The van der Waals surface area contributed by atoms with E-state index in [4.69, 9.17) is 5.11 Å². The summed E-state index contributed by atoms with van der Waals surface area (Å²) in [5, 5.41) is 38.5. The van der Waals surface area contributed by atoms with Gasteiger partial charge >= 0.3 is 5.97 Å². The van der Waals surface area contributed by atoms with E-state index in [1.54, 1.807) is 18.2 Å². The molecule has 0 aliphatic heterocycles. The molecule has 0 rings (SSSR count). The molecule has 3 unspecified atom stereocenters. The van der Waals surface area contributed by atoms with Crippen molar-refractivity contribution in [3.63, 3.8) is 0 Å². The van der Waals surface area contributed by atoms with E-state index in [1.807, 2.05) is 12.2 Å². The third-order valence-corrected chi connectivity index (χ3v) is 5.35. The van der Waals surface area contributed by atoms with Crippen LogP contribution < -0.4 is 0 Å². The Morgan fingerprint density at radius 2 is 1.27 bits per heavy atom. The molecule has 5 heteroatoms. The minimum absolute atomic E-state index is 0.0837. The van der Waals surface area contributed by atoms with Crippen LogP contribution in [0.3, 0.4) is 0 Å². The summed E-state index contributed by atoms with van der Waals surface area (Å²) in [7, 11) is 0. The van der Waals surface area contributed by atoms with Crippen LogP contribution in [0.2, 0.25) is 0 Å². The molecule has 0 aromatic rings. The zero-order valence-electron chi connectivity index (χ0n) is 20.7. The average Bonchev–Trinajstić information content (AvgIpc) is 2.77. The van der Waals surface area contributed by atoms with E-state index in [0.29, 0.717) is 32.1 Å². The van der Waals surface area contributed by atoms with Crippen molar-refractivity contribution < 1.29 is 25.2 Å². The second-order valence-corrected chi connectivity index (χ2v) is 8.71. The highest BCUT2D eigenvalue weighted by atomic mass is 16.4. The van der Waals surface area contributed by atoms with Crippen LogP contribution >= 0.6 is 0 Å². The maximum Gasteiger partial charge on any atom is 0.303 e. The van der Waals surface area contributed by atoms with Crippen LogP contribution in [0.1, 0.15) is 103 Å². The fraction of sp³-hybridized carbons (Fsp3) is 0.679. The predicted octanol–water partition coefficient (Wildman–Crippen LogP) is 6.25. The molecule has 0 spiro atoms. The predicted molar refractivity (Wildman–Crippen MR) is 137 cm³/mol. The molecule has 33 heavy (non-hydrogen) atoms. The van der Waals surface area contributed by atoms with E-state index >= 15 is 0 Å². The fourth-order valence-corrected chi connectivity index (χ4v) is 3.35. The molecule has 3 atom stereocenters. The monoisotopic (exact) mass is 464 g/mol. The number of aliphatic hydroxyl groups excluding tert-OH is 3. The van der Waals surface area contributed by atoms with Gasteiger partial charge in [0.25, 0.3) is 0 Å². The molecule has 0 aromatic heterocycles. The van der Waals surface area contributed by atoms with Crippen molar-refractivity contribution in [2.45, 2.75) is 122 Å². The van der Waals surface area contributed by atoms with Gasteiger partial charge in [-0.1, -0.05) is 68.4 Å².